The number of hydrogen-bond donors (Lipinski definition) is 1. The smallest absolute Gasteiger partial charge is 0.337 e. The molecule has 4 heteroatoms. The molecule has 16 heavy (non-hydrogen) atoms. The highest BCUT2D eigenvalue weighted by Gasteiger charge is 2.10. The average Bonchev–Trinajstić information content (AvgIpc) is 2.17. The zero-order valence-electron chi connectivity index (χ0n) is 9.86. The normalized spacial score (nSPS) is 12.2. The third kappa shape index (κ3) is 3.22. The Hall–Kier alpha value is -1.58. The molecule has 88 valence electrons. The number of aromatic carboxylic acids is 1. The van der Waals surface area contributed by atoms with Crippen LogP contribution in [0, 0.1) is 6.92 Å². The summed E-state index contributed by atoms with van der Waals surface area (Å²) in [6.07, 6.45) is 2.11. The quantitative estimate of drug-likeness (QED) is 0.833. The van der Waals surface area contributed by atoms with Crippen molar-refractivity contribution in [3.8, 4) is 5.88 Å². The monoisotopic (exact) mass is 223 g/mol. The van der Waals surface area contributed by atoms with E-state index in [4.69, 9.17) is 9.84 Å². The van der Waals surface area contributed by atoms with Gasteiger partial charge < -0.3 is 9.84 Å². The lowest BCUT2D eigenvalue weighted by atomic mass is 10.2. The van der Waals surface area contributed by atoms with Crippen molar-refractivity contribution in [2.45, 2.75) is 39.7 Å². The molecule has 1 N–H and O–H groups in total. The molecule has 0 saturated heterocycles. The van der Waals surface area contributed by atoms with Crippen LogP contribution in [0.1, 0.15) is 42.7 Å². The van der Waals surface area contributed by atoms with Crippen LogP contribution in [0.5, 0.6) is 5.88 Å². The fourth-order valence-corrected chi connectivity index (χ4v) is 1.50. The number of aromatic nitrogens is 1. The second-order valence-corrected chi connectivity index (χ2v) is 3.80. The Bertz CT molecular complexity index is 377. The Morgan fingerprint density at radius 3 is 2.75 bits per heavy atom. The minimum atomic E-state index is -0.960. The standard InChI is InChI=1S/C12H17NO3/c1-4-5-8(2)16-11-7-6-10(12(14)15)9(3)13-11/h6-8H,4-5H2,1-3H3,(H,14,15). The number of ether oxygens (including phenoxy) is 1. The van der Waals surface area contributed by atoms with E-state index in [-0.39, 0.29) is 11.7 Å². The summed E-state index contributed by atoms with van der Waals surface area (Å²) in [6, 6.07) is 3.13. The molecule has 0 aliphatic rings. The third-order valence-electron chi connectivity index (χ3n) is 2.31. The summed E-state index contributed by atoms with van der Waals surface area (Å²) in [6.45, 7) is 5.73. The Morgan fingerprint density at radius 2 is 2.25 bits per heavy atom. The lowest BCUT2D eigenvalue weighted by Crippen LogP contribution is -2.13. The molecule has 0 bridgehead atoms. The van der Waals surface area contributed by atoms with Gasteiger partial charge in [-0.1, -0.05) is 13.3 Å². The molecule has 0 aliphatic heterocycles. The van der Waals surface area contributed by atoms with Crippen LogP contribution in [0.15, 0.2) is 12.1 Å². The minimum Gasteiger partial charge on any atom is -0.478 e. The van der Waals surface area contributed by atoms with Crippen molar-refractivity contribution >= 4 is 5.97 Å². The van der Waals surface area contributed by atoms with Gasteiger partial charge in [0, 0.05) is 6.07 Å². The first-order valence-electron chi connectivity index (χ1n) is 5.42. The van der Waals surface area contributed by atoms with Crippen LogP contribution in [-0.4, -0.2) is 22.2 Å². The first-order valence-corrected chi connectivity index (χ1v) is 5.42. The number of aryl methyl sites for hydroxylation is 1. The van der Waals surface area contributed by atoms with Gasteiger partial charge in [0.1, 0.15) is 0 Å². The van der Waals surface area contributed by atoms with Gasteiger partial charge in [-0.15, -0.1) is 0 Å². The number of carboxylic acid groups (broad SMARTS) is 1. The van der Waals surface area contributed by atoms with E-state index in [2.05, 4.69) is 11.9 Å². The van der Waals surface area contributed by atoms with E-state index in [1.165, 1.54) is 6.07 Å². The molecule has 0 amide bonds. The molecule has 1 aromatic rings. The van der Waals surface area contributed by atoms with E-state index in [1.807, 2.05) is 6.92 Å². The summed E-state index contributed by atoms with van der Waals surface area (Å²) in [4.78, 5) is 14.9. The second-order valence-electron chi connectivity index (χ2n) is 3.80. The first kappa shape index (κ1) is 12.5. The SMILES string of the molecule is CCCC(C)Oc1ccc(C(=O)O)c(C)n1. The fourth-order valence-electron chi connectivity index (χ4n) is 1.50. The molecule has 1 aromatic heterocycles. The third-order valence-corrected chi connectivity index (χ3v) is 2.31. The number of nitrogens with zero attached hydrogens (tertiary/aromatic N) is 1. The van der Waals surface area contributed by atoms with E-state index >= 15 is 0 Å². The van der Waals surface area contributed by atoms with Crippen molar-refractivity contribution in [1.82, 2.24) is 4.98 Å². The summed E-state index contributed by atoms with van der Waals surface area (Å²) in [5, 5.41) is 8.84. The molecule has 0 fully saturated rings. The zero-order chi connectivity index (χ0) is 12.1. The Kier molecular flexibility index (Phi) is 4.28. The van der Waals surface area contributed by atoms with Crippen molar-refractivity contribution in [2.75, 3.05) is 0 Å². The molecule has 0 saturated carbocycles. The van der Waals surface area contributed by atoms with Gasteiger partial charge in [-0.2, -0.15) is 0 Å². The van der Waals surface area contributed by atoms with E-state index in [0.717, 1.165) is 12.8 Å². The predicted octanol–water partition coefficient (Wildman–Crippen LogP) is 2.66. The Morgan fingerprint density at radius 1 is 1.56 bits per heavy atom. The summed E-state index contributed by atoms with van der Waals surface area (Å²) < 4.78 is 5.57. The van der Waals surface area contributed by atoms with Gasteiger partial charge in [0.2, 0.25) is 5.88 Å². The van der Waals surface area contributed by atoms with Crippen LogP contribution in [0.2, 0.25) is 0 Å². The molecule has 4 nitrogen and oxygen atoms in total. The molecule has 1 atom stereocenters. The molecule has 1 heterocycles. The van der Waals surface area contributed by atoms with E-state index < -0.39 is 5.97 Å². The lowest BCUT2D eigenvalue weighted by molar-refractivity contribution is 0.0695. The van der Waals surface area contributed by atoms with Crippen molar-refractivity contribution < 1.29 is 14.6 Å². The van der Waals surface area contributed by atoms with Crippen LogP contribution in [-0.2, 0) is 0 Å². The van der Waals surface area contributed by atoms with Crippen molar-refractivity contribution in [3.05, 3.63) is 23.4 Å². The second kappa shape index (κ2) is 5.49. The zero-order valence-corrected chi connectivity index (χ0v) is 9.86. The van der Waals surface area contributed by atoms with Crippen LogP contribution < -0.4 is 4.74 Å². The van der Waals surface area contributed by atoms with Crippen LogP contribution in [0.25, 0.3) is 0 Å². The number of carboxylic acids is 1. The fraction of sp³-hybridized carbons (Fsp3) is 0.500. The van der Waals surface area contributed by atoms with Gasteiger partial charge in [0.15, 0.2) is 0 Å². The highest BCUT2D eigenvalue weighted by atomic mass is 16.5. The maximum Gasteiger partial charge on any atom is 0.337 e. The Labute approximate surface area is 95.3 Å². The summed E-state index contributed by atoms with van der Waals surface area (Å²) in [7, 11) is 0. The van der Waals surface area contributed by atoms with Crippen LogP contribution in [0.3, 0.4) is 0 Å². The maximum absolute atomic E-state index is 10.8. The van der Waals surface area contributed by atoms with Gasteiger partial charge in [-0.3, -0.25) is 0 Å². The van der Waals surface area contributed by atoms with Gasteiger partial charge >= 0.3 is 5.97 Å². The molecule has 1 rings (SSSR count). The Balaban J connectivity index is 2.77. The molecular weight excluding hydrogens is 206 g/mol. The molecule has 0 spiro atoms. The maximum atomic E-state index is 10.8. The van der Waals surface area contributed by atoms with Gasteiger partial charge in [-0.05, 0) is 26.3 Å². The van der Waals surface area contributed by atoms with Gasteiger partial charge in [0.05, 0.1) is 17.4 Å². The number of carbonyl (C=O) groups is 1. The van der Waals surface area contributed by atoms with Gasteiger partial charge in [0.25, 0.3) is 0 Å². The van der Waals surface area contributed by atoms with Gasteiger partial charge in [-0.25, -0.2) is 9.78 Å². The van der Waals surface area contributed by atoms with Crippen molar-refractivity contribution in [3.63, 3.8) is 0 Å². The summed E-state index contributed by atoms with van der Waals surface area (Å²) in [5.74, 6) is -0.471. The van der Waals surface area contributed by atoms with Crippen molar-refractivity contribution in [2.24, 2.45) is 0 Å². The molecular formula is C12H17NO3. The first-order chi connectivity index (χ1) is 7.54. The summed E-state index contributed by atoms with van der Waals surface area (Å²) >= 11 is 0. The molecule has 0 aromatic carbocycles. The van der Waals surface area contributed by atoms with E-state index in [0.29, 0.717) is 11.6 Å². The number of pyridine rings is 1. The summed E-state index contributed by atoms with van der Waals surface area (Å²) in [5.41, 5.74) is 0.698. The predicted molar refractivity (Wildman–Crippen MR) is 60.9 cm³/mol. The number of hydrogen-bond acceptors (Lipinski definition) is 3. The number of rotatable bonds is 5. The van der Waals surface area contributed by atoms with Crippen LogP contribution in [0.4, 0.5) is 0 Å². The molecule has 0 radical (unpaired) electrons. The van der Waals surface area contributed by atoms with E-state index in [9.17, 15) is 4.79 Å². The lowest BCUT2D eigenvalue weighted by Gasteiger charge is -2.13. The highest BCUT2D eigenvalue weighted by molar-refractivity contribution is 5.88. The largest absolute Gasteiger partial charge is 0.478 e. The highest BCUT2D eigenvalue weighted by Crippen LogP contribution is 2.15. The van der Waals surface area contributed by atoms with E-state index in [1.54, 1.807) is 13.0 Å². The topological polar surface area (TPSA) is 59.4 Å². The minimum absolute atomic E-state index is 0.104. The molecule has 1 unspecified atom stereocenters. The van der Waals surface area contributed by atoms with Crippen LogP contribution >= 0.6 is 0 Å². The average molecular weight is 223 g/mol. The van der Waals surface area contributed by atoms with Crippen molar-refractivity contribution in [1.29, 1.82) is 0 Å². The molecule has 0 aliphatic carbocycles.